The van der Waals surface area contributed by atoms with Crippen LogP contribution in [0.2, 0.25) is 0 Å². The molecule has 0 saturated carbocycles. The number of rotatable bonds is 3. The number of fused-ring (bicyclic) bond motifs is 1. The van der Waals surface area contributed by atoms with Crippen LogP contribution < -0.4 is 5.32 Å². The number of benzene rings is 1. The molecule has 0 aliphatic carbocycles. The van der Waals surface area contributed by atoms with Gasteiger partial charge in [0, 0.05) is 22.1 Å². The number of anilines is 1. The van der Waals surface area contributed by atoms with E-state index in [4.69, 9.17) is 0 Å². The Morgan fingerprint density at radius 2 is 2.05 bits per heavy atom. The zero-order valence-corrected chi connectivity index (χ0v) is 11.9. The Kier molecular flexibility index (Phi) is 3.22. The number of aryl methyl sites for hydroxylation is 1. The van der Waals surface area contributed by atoms with Crippen LogP contribution >= 0.6 is 11.3 Å². The number of hydrogen-bond acceptors (Lipinski definition) is 3. The summed E-state index contributed by atoms with van der Waals surface area (Å²) < 4.78 is 0. The zero-order valence-electron chi connectivity index (χ0n) is 11.1. The summed E-state index contributed by atoms with van der Waals surface area (Å²) >= 11 is 1.80. The molecule has 0 bridgehead atoms. The third kappa shape index (κ3) is 2.34. The lowest BCUT2D eigenvalue weighted by Gasteiger charge is -2.16. The molecule has 0 fully saturated rings. The fourth-order valence-electron chi connectivity index (χ4n) is 2.36. The second kappa shape index (κ2) is 5.02. The van der Waals surface area contributed by atoms with Crippen LogP contribution in [0.15, 0.2) is 48.0 Å². The predicted octanol–water partition coefficient (Wildman–Crippen LogP) is 4.78. The van der Waals surface area contributed by atoms with Gasteiger partial charge in [-0.1, -0.05) is 6.07 Å². The summed E-state index contributed by atoms with van der Waals surface area (Å²) in [4.78, 5) is 5.78. The normalized spacial score (nSPS) is 12.5. The lowest BCUT2D eigenvalue weighted by Crippen LogP contribution is -2.06. The first kappa shape index (κ1) is 12.2. The number of pyridine rings is 1. The number of aromatic nitrogens is 1. The highest BCUT2D eigenvalue weighted by Crippen LogP contribution is 2.29. The first-order chi connectivity index (χ1) is 9.25. The molecular weight excluding hydrogens is 252 g/mol. The summed E-state index contributed by atoms with van der Waals surface area (Å²) in [7, 11) is 0. The van der Waals surface area contributed by atoms with Gasteiger partial charge in [0.1, 0.15) is 0 Å². The first-order valence-electron chi connectivity index (χ1n) is 6.40. The maximum Gasteiger partial charge on any atom is 0.0722 e. The minimum absolute atomic E-state index is 0.311. The lowest BCUT2D eigenvalue weighted by molar-refractivity contribution is 0.901. The summed E-state index contributed by atoms with van der Waals surface area (Å²) in [5.41, 5.74) is 3.52. The quantitative estimate of drug-likeness (QED) is 0.739. The van der Waals surface area contributed by atoms with Gasteiger partial charge < -0.3 is 5.32 Å². The van der Waals surface area contributed by atoms with Crippen LogP contribution in [0.25, 0.3) is 10.9 Å². The third-order valence-electron chi connectivity index (χ3n) is 3.31. The Hall–Kier alpha value is -1.87. The van der Waals surface area contributed by atoms with E-state index in [9.17, 15) is 0 Å². The van der Waals surface area contributed by atoms with Gasteiger partial charge in [0.25, 0.3) is 0 Å². The summed E-state index contributed by atoms with van der Waals surface area (Å²) in [5, 5.41) is 6.92. The molecule has 1 aromatic carbocycles. The average molecular weight is 268 g/mol. The molecular formula is C16H16N2S. The molecule has 1 N–H and O–H groups in total. The molecule has 0 aliphatic heterocycles. The van der Waals surface area contributed by atoms with Gasteiger partial charge in [-0.15, -0.1) is 11.3 Å². The molecule has 2 nitrogen and oxygen atoms in total. The van der Waals surface area contributed by atoms with Gasteiger partial charge in [-0.25, -0.2) is 0 Å². The molecule has 19 heavy (non-hydrogen) atoms. The van der Waals surface area contributed by atoms with Gasteiger partial charge >= 0.3 is 0 Å². The summed E-state index contributed by atoms with van der Waals surface area (Å²) in [6.45, 7) is 4.36. The maximum atomic E-state index is 4.39. The van der Waals surface area contributed by atoms with Crippen LogP contribution in [-0.2, 0) is 0 Å². The highest BCUT2D eigenvalue weighted by molar-refractivity contribution is 7.10. The molecule has 0 amide bonds. The second-order valence-corrected chi connectivity index (χ2v) is 5.66. The average Bonchev–Trinajstić information content (AvgIpc) is 2.85. The number of nitrogens with one attached hydrogen (secondary N) is 1. The molecule has 1 unspecified atom stereocenters. The van der Waals surface area contributed by atoms with E-state index in [0.29, 0.717) is 6.04 Å². The van der Waals surface area contributed by atoms with Crippen LogP contribution in [0, 0.1) is 6.92 Å². The Bertz CT molecular complexity index is 697. The largest absolute Gasteiger partial charge is 0.377 e. The minimum atomic E-state index is 0.311. The van der Waals surface area contributed by atoms with Crippen LogP contribution in [0.1, 0.15) is 23.4 Å². The molecule has 1 atom stereocenters. The van der Waals surface area contributed by atoms with Crippen molar-refractivity contribution in [2.45, 2.75) is 19.9 Å². The van der Waals surface area contributed by atoms with Crippen molar-refractivity contribution in [3.8, 4) is 0 Å². The van der Waals surface area contributed by atoms with E-state index in [0.717, 1.165) is 11.2 Å². The molecule has 3 aromatic rings. The molecule has 0 spiro atoms. The summed E-state index contributed by atoms with van der Waals surface area (Å²) in [6.07, 6.45) is 1.83. The SMILES string of the molecule is Cc1ccsc1C(C)Nc1cccc2ncccc12. The first-order valence-corrected chi connectivity index (χ1v) is 7.28. The van der Waals surface area contributed by atoms with Gasteiger partial charge in [-0.05, 0) is 55.1 Å². The fourth-order valence-corrected chi connectivity index (χ4v) is 3.29. The molecule has 2 aromatic heterocycles. The van der Waals surface area contributed by atoms with Crippen molar-refractivity contribution < 1.29 is 0 Å². The van der Waals surface area contributed by atoms with Crippen molar-refractivity contribution in [3.05, 3.63) is 58.4 Å². The predicted molar refractivity (Wildman–Crippen MR) is 82.8 cm³/mol. The van der Waals surface area contributed by atoms with Crippen molar-refractivity contribution in [3.63, 3.8) is 0 Å². The van der Waals surface area contributed by atoms with Crippen LogP contribution in [-0.4, -0.2) is 4.98 Å². The molecule has 0 aliphatic rings. The Morgan fingerprint density at radius 1 is 1.16 bits per heavy atom. The molecule has 96 valence electrons. The topological polar surface area (TPSA) is 24.9 Å². The third-order valence-corrected chi connectivity index (χ3v) is 4.51. The number of thiophene rings is 1. The Labute approximate surface area is 117 Å². The van der Waals surface area contributed by atoms with Crippen LogP contribution in [0.3, 0.4) is 0 Å². The molecule has 3 heteroatoms. The number of hydrogen-bond donors (Lipinski definition) is 1. The van der Waals surface area contributed by atoms with Crippen molar-refractivity contribution in [2.75, 3.05) is 5.32 Å². The minimum Gasteiger partial charge on any atom is -0.377 e. The summed E-state index contributed by atoms with van der Waals surface area (Å²) in [5.74, 6) is 0. The van der Waals surface area contributed by atoms with E-state index in [1.54, 1.807) is 11.3 Å². The van der Waals surface area contributed by atoms with E-state index in [1.807, 2.05) is 24.4 Å². The Balaban J connectivity index is 1.96. The monoisotopic (exact) mass is 268 g/mol. The van der Waals surface area contributed by atoms with E-state index in [1.165, 1.54) is 15.8 Å². The van der Waals surface area contributed by atoms with Gasteiger partial charge in [0.2, 0.25) is 0 Å². The van der Waals surface area contributed by atoms with E-state index >= 15 is 0 Å². The van der Waals surface area contributed by atoms with Crippen molar-refractivity contribution >= 4 is 27.9 Å². The molecule has 2 heterocycles. The fraction of sp³-hybridized carbons (Fsp3) is 0.188. The van der Waals surface area contributed by atoms with Gasteiger partial charge in [-0.2, -0.15) is 0 Å². The smallest absolute Gasteiger partial charge is 0.0722 e. The van der Waals surface area contributed by atoms with E-state index < -0.39 is 0 Å². The molecule has 0 saturated heterocycles. The second-order valence-electron chi connectivity index (χ2n) is 4.71. The highest BCUT2D eigenvalue weighted by atomic mass is 32.1. The number of nitrogens with zero attached hydrogens (tertiary/aromatic N) is 1. The van der Waals surface area contributed by atoms with E-state index in [-0.39, 0.29) is 0 Å². The standard InChI is InChI=1S/C16H16N2S/c1-11-8-10-19-16(11)12(2)18-15-7-3-6-14-13(15)5-4-9-17-14/h3-10,12,18H,1-2H3. The highest BCUT2D eigenvalue weighted by Gasteiger charge is 2.11. The van der Waals surface area contributed by atoms with Crippen LogP contribution in [0.5, 0.6) is 0 Å². The van der Waals surface area contributed by atoms with Crippen molar-refractivity contribution in [1.29, 1.82) is 0 Å². The van der Waals surface area contributed by atoms with Crippen LogP contribution in [0.4, 0.5) is 5.69 Å². The van der Waals surface area contributed by atoms with Gasteiger partial charge in [0.05, 0.1) is 11.6 Å². The molecule has 3 rings (SSSR count). The summed E-state index contributed by atoms with van der Waals surface area (Å²) in [6, 6.07) is 12.8. The molecule has 0 radical (unpaired) electrons. The van der Waals surface area contributed by atoms with Crippen molar-refractivity contribution in [1.82, 2.24) is 4.98 Å². The zero-order chi connectivity index (χ0) is 13.2. The lowest BCUT2D eigenvalue weighted by atomic mass is 10.1. The Morgan fingerprint density at radius 3 is 2.84 bits per heavy atom. The van der Waals surface area contributed by atoms with Crippen molar-refractivity contribution in [2.24, 2.45) is 0 Å². The maximum absolute atomic E-state index is 4.39. The van der Waals surface area contributed by atoms with Gasteiger partial charge in [0.15, 0.2) is 0 Å². The van der Waals surface area contributed by atoms with E-state index in [2.05, 4.69) is 47.7 Å². The van der Waals surface area contributed by atoms with Gasteiger partial charge in [-0.3, -0.25) is 4.98 Å².